The molecule has 0 radical (unpaired) electrons. The summed E-state index contributed by atoms with van der Waals surface area (Å²) < 4.78 is 29.3. The number of rotatable bonds is 24. The molecular formula is C59H72N6O19. The Morgan fingerprint density at radius 1 is 0.869 bits per heavy atom. The summed E-state index contributed by atoms with van der Waals surface area (Å²) in [5.41, 5.74) is -2.99. The summed E-state index contributed by atoms with van der Waals surface area (Å²) in [6, 6.07) is 8.35. The number of ketones is 3. The van der Waals surface area contributed by atoms with Gasteiger partial charge in [0.15, 0.2) is 17.9 Å². The summed E-state index contributed by atoms with van der Waals surface area (Å²) in [5.74, 6) is -6.46. The molecule has 25 heteroatoms. The molecule has 0 saturated carbocycles. The van der Waals surface area contributed by atoms with Gasteiger partial charge in [-0.15, -0.1) is 0 Å². The van der Waals surface area contributed by atoms with Gasteiger partial charge in [-0.2, -0.15) is 0 Å². The minimum Gasteiger partial charge on any atom is -0.507 e. The van der Waals surface area contributed by atoms with Crippen molar-refractivity contribution in [3.8, 4) is 17.2 Å². The first-order valence-corrected chi connectivity index (χ1v) is 28.1. The molecule has 0 aromatic heterocycles. The van der Waals surface area contributed by atoms with Crippen molar-refractivity contribution < 1.29 is 92.4 Å². The lowest BCUT2D eigenvalue weighted by atomic mass is 9.72. The molecule has 8 rings (SSSR count). The zero-order valence-electron chi connectivity index (χ0n) is 47.3. The number of hydrogen-bond donors (Lipinski definition) is 9. The number of aromatic hydroxyl groups is 2. The van der Waals surface area contributed by atoms with E-state index in [2.05, 4.69) is 21.3 Å². The summed E-state index contributed by atoms with van der Waals surface area (Å²) in [5, 5.41) is 67.9. The van der Waals surface area contributed by atoms with E-state index in [0.717, 1.165) is 4.90 Å². The Bertz CT molecular complexity index is 3060. The number of nitrogens with one attached hydrogen (secondary N) is 4. The highest BCUT2D eigenvalue weighted by molar-refractivity contribution is 6.31. The van der Waals surface area contributed by atoms with Gasteiger partial charge in [0.25, 0.3) is 11.8 Å². The largest absolute Gasteiger partial charge is 0.507 e. The van der Waals surface area contributed by atoms with Gasteiger partial charge in [0.2, 0.25) is 23.5 Å². The minimum atomic E-state index is -2.35. The number of unbranched alkanes of at least 4 members (excludes halogenated alkanes) is 2. The number of phenols is 2. The number of methoxy groups -OCH3 is 1. The first kappa shape index (κ1) is 62.4. The van der Waals surface area contributed by atoms with Crippen LogP contribution >= 0.6 is 0 Å². The molecule has 9 N–H and O–H groups in total. The molecule has 452 valence electrons. The number of phenolic OH excluding ortho intramolecular Hbond substituents is 2. The standard InChI is InChI=1S/C59H72N6O19/c1-30(2)50(63-41(68)13-7-6-8-22-64-42(69)19-20-43(64)70)57(77)61-31(3)56(76)62-34-17-15-33(16-18-34)29-82-58(78)65-23-24-81-44(65)14-10-21-60-37-25-45(83-32(4)51(37)71)84-39-27-59(79,40(67)28-66)26-36-47(39)55(75)49-48(53(36)73)52(72)35-11-9-12-38(80-5)46(35)54(49)74/h9,11-12,15-20,30-32,37,39,44-45,50-51,60,66,71,73,75,79H,6-8,10,13-14,21-29H2,1-5H3,(H,61,77)(H,62,76)(H,63,68)/t31-,32?,37?,39+,44?,45?,50-,51?,59+/m1/s1. The molecule has 3 aromatic rings. The number of nitrogens with zero attached hydrogens (tertiary/aromatic N) is 2. The van der Waals surface area contributed by atoms with Crippen molar-refractivity contribution in [2.45, 2.75) is 147 Å². The first-order valence-electron chi connectivity index (χ1n) is 28.1. The van der Waals surface area contributed by atoms with Gasteiger partial charge >= 0.3 is 6.09 Å². The molecule has 9 atom stereocenters. The number of benzene rings is 3. The number of aliphatic hydroxyl groups excluding tert-OH is 2. The van der Waals surface area contributed by atoms with Gasteiger partial charge in [-0.1, -0.05) is 44.5 Å². The van der Waals surface area contributed by atoms with Crippen LogP contribution in [0.15, 0.2) is 54.6 Å². The Kier molecular flexibility index (Phi) is 20.0. The van der Waals surface area contributed by atoms with Crippen LogP contribution in [0.1, 0.15) is 134 Å². The van der Waals surface area contributed by atoms with Gasteiger partial charge in [-0.3, -0.25) is 48.2 Å². The maximum Gasteiger partial charge on any atom is 0.412 e. The van der Waals surface area contributed by atoms with Gasteiger partial charge in [0, 0.05) is 72.8 Å². The zero-order valence-corrected chi connectivity index (χ0v) is 47.3. The van der Waals surface area contributed by atoms with Gasteiger partial charge in [0.05, 0.1) is 55.3 Å². The quantitative estimate of drug-likeness (QED) is 0.0276. The number of hydrogen-bond acceptors (Lipinski definition) is 20. The number of carbonyl (C=O) groups excluding carboxylic acids is 9. The molecule has 5 unspecified atom stereocenters. The highest BCUT2D eigenvalue weighted by atomic mass is 16.7. The van der Waals surface area contributed by atoms with E-state index in [1.807, 2.05) is 0 Å². The maximum absolute atomic E-state index is 14.1. The summed E-state index contributed by atoms with van der Waals surface area (Å²) in [4.78, 5) is 120. The van der Waals surface area contributed by atoms with Gasteiger partial charge < -0.3 is 70.5 Å². The van der Waals surface area contributed by atoms with E-state index < -0.39 is 132 Å². The van der Waals surface area contributed by atoms with Crippen LogP contribution in [-0.2, 0) is 60.7 Å². The smallest absolute Gasteiger partial charge is 0.412 e. The number of anilines is 1. The van der Waals surface area contributed by atoms with Crippen molar-refractivity contribution >= 4 is 58.7 Å². The molecule has 2 aliphatic carbocycles. The molecule has 0 spiro atoms. The van der Waals surface area contributed by atoms with E-state index in [0.29, 0.717) is 49.9 Å². The second-order valence-corrected chi connectivity index (χ2v) is 22.0. The highest BCUT2D eigenvalue weighted by Crippen LogP contribution is 2.52. The lowest BCUT2D eigenvalue weighted by molar-refractivity contribution is -0.249. The van der Waals surface area contributed by atoms with Crippen LogP contribution in [0.5, 0.6) is 17.2 Å². The third-order valence-corrected chi connectivity index (χ3v) is 15.8. The zero-order chi connectivity index (χ0) is 60.7. The molecule has 3 aliphatic heterocycles. The molecule has 3 heterocycles. The summed E-state index contributed by atoms with van der Waals surface area (Å²) >= 11 is 0. The van der Waals surface area contributed by atoms with Crippen molar-refractivity contribution in [1.29, 1.82) is 0 Å². The molecule has 2 fully saturated rings. The van der Waals surface area contributed by atoms with Crippen LogP contribution in [0.2, 0.25) is 0 Å². The average Bonchev–Trinajstić information content (AvgIpc) is 1.25. The van der Waals surface area contributed by atoms with Gasteiger partial charge in [-0.25, -0.2) is 4.79 Å². The third kappa shape index (κ3) is 13.6. The number of amides is 6. The fraction of sp³-hybridized carbons (Fsp3) is 0.508. The molecule has 2 saturated heterocycles. The van der Waals surface area contributed by atoms with E-state index in [9.17, 15) is 68.7 Å². The normalized spacial score (nSPS) is 23.4. The van der Waals surface area contributed by atoms with Crippen molar-refractivity contribution in [2.75, 3.05) is 45.3 Å². The lowest BCUT2D eigenvalue weighted by Gasteiger charge is -2.43. The summed E-state index contributed by atoms with van der Waals surface area (Å²) in [6.07, 6.45) is -1.91. The number of imide groups is 1. The third-order valence-electron chi connectivity index (χ3n) is 15.8. The molecular weight excluding hydrogens is 1100 g/mol. The second-order valence-electron chi connectivity index (χ2n) is 22.0. The molecule has 84 heavy (non-hydrogen) atoms. The summed E-state index contributed by atoms with van der Waals surface area (Å²) in [6.45, 7) is 6.60. The summed E-state index contributed by atoms with van der Waals surface area (Å²) in [7, 11) is 1.31. The second kappa shape index (κ2) is 26.9. The molecule has 5 aliphatic rings. The Morgan fingerprint density at radius 2 is 1.58 bits per heavy atom. The minimum absolute atomic E-state index is 0.00625. The highest BCUT2D eigenvalue weighted by Gasteiger charge is 2.50. The Hall–Kier alpha value is -7.65. The monoisotopic (exact) mass is 1170 g/mol. The van der Waals surface area contributed by atoms with Gasteiger partial charge in [-0.05, 0) is 75.8 Å². The van der Waals surface area contributed by atoms with Crippen LogP contribution in [0.25, 0.3) is 0 Å². The molecule has 0 bridgehead atoms. The average molecular weight is 1170 g/mol. The SMILES string of the molecule is COc1cccc2c1C(=O)c1c(O)c3c(c(O)c1C2=O)C[C@@](O)(C(=O)CO)C[C@@H]3OC1CC(NCCCC2OCCN2C(=O)OCc2ccc(NC(=O)[C@@H](C)NC(=O)[C@H](NC(=O)CCCCCN3C(=O)C=CC3=O)C(C)C)cc2)C(O)C(C)O1. The van der Waals surface area contributed by atoms with Crippen LogP contribution in [0.4, 0.5) is 10.5 Å². The van der Waals surface area contributed by atoms with Crippen molar-refractivity contribution in [3.63, 3.8) is 0 Å². The predicted octanol–water partition coefficient (Wildman–Crippen LogP) is 2.48. The van der Waals surface area contributed by atoms with Crippen molar-refractivity contribution in [1.82, 2.24) is 25.8 Å². The van der Waals surface area contributed by atoms with Crippen LogP contribution in [-0.4, -0.2) is 177 Å². The number of aliphatic hydroxyl groups is 3. The predicted molar refractivity (Wildman–Crippen MR) is 295 cm³/mol. The van der Waals surface area contributed by atoms with E-state index in [-0.39, 0.29) is 90.8 Å². The van der Waals surface area contributed by atoms with E-state index in [1.165, 1.54) is 49.3 Å². The topological polar surface area (TPSA) is 356 Å². The van der Waals surface area contributed by atoms with E-state index in [1.54, 1.807) is 45.0 Å². The molecule has 25 nitrogen and oxygen atoms in total. The van der Waals surface area contributed by atoms with Crippen LogP contribution in [0, 0.1) is 5.92 Å². The number of ether oxygens (including phenoxy) is 5. The first-order chi connectivity index (χ1) is 40.0. The van der Waals surface area contributed by atoms with Crippen molar-refractivity contribution in [3.05, 3.63) is 93.6 Å². The molecule has 6 amide bonds. The van der Waals surface area contributed by atoms with Crippen molar-refractivity contribution in [2.24, 2.45) is 5.92 Å². The Labute approximate surface area is 484 Å². The van der Waals surface area contributed by atoms with Gasteiger partial charge in [0.1, 0.15) is 54.4 Å². The van der Waals surface area contributed by atoms with E-state index in [4.69, 9.17) is 23.7 Å². The number of Topliss-reactive ketones (excluding diaryl/α,β-unsaturated/α-hetero) is 1. The van der Waals surface area contributed by atoms with Crippen LogP contribution in [0.3, 0.4) is 0 Å². The Morgan fingerprint density at radius 3 is 2.27 bits per heavy atom. The van der Waals surface area contributed by atoms with E-state index >= 15 is 0 Å². The van der Waals surface area contributed by atoms with Crippen LogP contribution < -0.4 is 26.0 Å². The number of fused-ring (bicyclic) bond motifs is 3. The fourth-order valence-corrected chi connectivity index (χ4v) is 11.1. The maximum atomic E-state index is 14.1. The fourth-order valence-electron chi connectivity index (χ4n) is 11.1. The number of carbonyl (C=O) groups is 9. The Balaban J connectivity index is 0.791. The lowest BCUT2D eigenvalue weighted by Crippen LogP contribution is -2.54. The molecule has 3 aromatic carbocycles.